The fourth-order valence-electron chi connectivity index (χ4n) is 3.27. The van der Waals surface area contributed by atoms with Gasteiger partial charge in [0, 0.05) is 4.90 Å². The van der Waals surface area contributed by atoms with Crippen LogP contribution in [0.2, 0.25) is 0 Å². The first-order valence-corrected chi connectivity index (χ1v) is 12.8. The fraction of sp³-hybridized carbons (Fsp3) is 0.478. The Kier molecular flexibility index (Phi) is 8.80. The van der Waals surface area contributed by atoms with Gasteiger partial charge >= 0.3 is 0 Å². The Labute approximate surface area is 166 Å². The molecule has 0 aliphatic carbocycles. The van der Waals surface area contributed by atoms with Gasteiger partial charge in [0.05, 0.1) is 9.52 Å². The topological polar surface area (TPSA) is 20.2 Å². The van der Waals surface area contributed by atoms with Crippen molar-refractivity contribution in [2.75, 3.05) is 5.38 Å². The second-order valence-corrected chi connectivity index (χ2v) is 10.9. The molecule has 0 bridgehead atoms. The van der Waals surface area contributed by atoms with Crippen LogP contribution in [0.1, 0.15) is 61.8 Å². The van der Waals surface area contributed by atoms with Gasteiger partial charge in [-0.2, -0.15) is 0 Å². The third-order valence-electron chi connectivity index (χ3n) is 5.21. The predicted molar refractivity (Wildman–Crippen MR) is 120 cm³/mol. The molecule has 3 heteroatoms. The summed E-state index contributed by atoms with van der Waals surface area (Å²) in [5.74, 6) is 0.501. The molecule has 0 aliphatic heterocycles. The molecule has 26 heavy (non-hydrogen) atoms. The zero-order valence-electron chi connectivity index (χ0n) is 16.9. The first-order chi connectivity index (χ1) is 12.6. The van der Waals surface area contributed by atoms with Crippen LogP contribution in [-0.2, 0) is 12.8 Å². The van der Waals surface area contributed by atoms with E-state index in [1.807, 2.05) is 17.8 Å². The highest BCUT2D eigenvalue weighted by Crippen LogP contribution is 2.31. The van der Waals surface area contributed by atoms with Crippen LogP contribution in [0.4, 0.5) is 0 Å². The minimum Gasteiger partial charge on any atom is -0.508 e. The van der Waals surface area contributed by atoms with Crippen molar-refractivity contribution in [3.63, 3.8) is 0 Å². The highest BCUT2D eigenvalue weighted by molar-refractivity contribution is 8.00. The first kappa shape index (κ1) is 21.1. The zero-order valence-corrected chi connectivity index (χ0v) is 19.1. The molecule has 0 amide bonds. The minimum absolute atomic E-state index is 0.278. The quantitative estimate of drug-likeness (QED) is 0.445. The standard InChI is InChI=1S/C23H34OSSi/c1-5-7-11-19-15-22(20(12-8-6-2)14-21(19)24)25-16-26-23-13-9-10-17(3)18(23)4/h9-10,13-15,24H,5-8,11-12,16,26H2,1-4H3. The van der Waals surface area contributed by atoms with E-state index in [2.05, 4.69) is 52.0 Å². The summed E-state index contributed by atoms with van der Waals surface area (Å²) in [5, 5.41) is 13.2. The molecule has 142 valence electrons. The van der Waals surface area contributed by atoms with Crippen molar-refractivity contribution in [2.24, 2.45) is 0 Å². The number of hydrogen-bond donors (Lipinski definition) is 1. The number of phenolic OH excluding ortho intramolecular Hbond substituents is 1. The molecule has 0 heterocycles. The van der Waals surface area contributed by atoms with E-state index in [9.17, 15) is 5.11 Å². The molecule has 0 atom stereocenters. The molecular formula is C23H34OSSi. The third-order valence-corrected chi connectivity index (χ3v) is 8.84. The number of rotatable bonds is 10. The van der Waals surface area contributed by atoms with E-state index in [0.29, 0.717) is 5.75 Å². The molecule has 0 aliphatic rings. The molecule has 0 radical (unpaired) electrons. The molecule has 0 fully saturated rings. The summed E-state index contributed by atoms with van der Waals surface area (Å²) in [6, 6.07) is 11.0. The van der Waals surface area contributed by atoms with E-state index in [1.54, 1.807) is 5.19 Å². The molecule has 0 aromatic heterocycles. The van der Waals surface area contributed by atoms with Gasteiger partial charge in [0.1, 0.15) is 5.75 Å². The number of thioether (sulfide) groups is 1. The van der Waals surface area contributed by atoms with Gasteiger partial charge in [-0.25, -0.2) is 0 Å². The van der Waals surface area contributed by atoms with E-state index in [4.69, 9.17) is 0 Å². The van der Waals surface area contributed by atoms with E-state index in [-0.39, 0.29) is 9.52 Å². The lowest BCUT2D eigenvalue weighted by atomic mass is 10.0. The molecule has 1 nitrogen and oxygen atoms in total. The summed E-state index contributed by atoms with van der Waals surface area (Å²) in [4.78, 5) is 1.40. The Morgan fingerprint density at radius 2 is 1.65 bits per heavy atom. The van der Waals surface area contributed by atoms with E-state index in [0.717, 1.165) is 24.8 Å². The Morgan fingerprint density at radius 1 is 0.962 bits per heavy atom. The van der Waals surface area contributed by atoms with E-state index < -0.39 is 0 Å². The summed E-state index contributed by atoms with van der Waals surface area (Å²) in [6.07, 6.45) is 6.75. The number of hydrogen-bond acceptors (Lipinski definition) is 2. The summed E-state index contributed by atoms with van der Waals surface area (Å²) in [7, 11) is -0.278. The van der Waals surface area contributed by atoms with Crippen molar-refractivity contribution in [1.29, 1.82) is 0 Å². The van der Waals surface area contributed by atoms with Gasteiger partial charge in [0.15, 0.2) is 0 Å². The Bertz CT molecular complexity index is 712. The van der Waals surface area contributed by atoms with Crippen molar-refractivity contribution in [1.82, 2.24) is 0 Å². The smallest absolute Gasteiger partial charge is 0.119 e. The van der Waals surface area contributed by atoms with Crippen molar-refractivity contribution in [3.05, 3.63) is 52.6 Å². The van der Waals surface area contributed by atoms with Crippen LogP contribution in [0, 0.1) is 13.8 Å². The maximum absolute atomic E-state index is 10.4. The van der Waals surface area contributed by atoms with Gasteiger partial charge in [-0.3, -0.25) is 0 Å². The lowest BCUT2D eigenvalue weighted by molar-refractivity contribution is 0.465. The third kappa shape index (κ3) is 5.92. The van der Waals surface area contributed by atoms with Crippen LogP contribution in [0.5, 0.6) is 5.75 Å². The first-order valence-electron chi connectivity index (χ1n) is 10.1. The lowest BCUT2D eigenvalue weighted by Gasteiger charge is -2.14. The number of unbranched alkanes of at least 4 members (excludes halogenated alkanes) is 2. The van der Waals surface area contributed by atoms with Gasteiger partial charge in [-0.1, -0.05) is 50.1 Å². The Balaban J connectivity index is 2.12. The summed E-state index contributed by atoms with van der Waals surface area (Å²) in [6.45, 7) is 8.91. The average molecular weight is 387 g/mol. The van der Waals surface area contributed by atoms with Gasteiger partial charge in [-0.15, -0.1) is 11.8 Å². The Morgan fingerprint density at radius 3 is 2.35 bits per heavy atom. The van der Waals surface area contributed by atoms with Crippen molar-refractivity contribution >= 4 is 26.5 Å². The van der Waals surface area contributed by atoms with Crippen molar-refractivity contribution in [2.45, 2.75) is 71.1 Å². The summed E-state index contributed by atoms with van der Waals surface area (Å²) in [5.41, 5.74) is 5.36. The fourth-order valence-corrected chi connectivity index (χ4v) is 6.97. The molecule has 1 N–H and O–H groups in total. The predicted octanol–water partition coefficient (Wildman–Crippen LogP) is 5.24. The van der Waals surface area contributed by atoms with Crippen LogP contribution < -0.4 is 5.19 Å². The van der Waals surface area contributed by atoms with Crippen LogP contribution >= 0.6 is 11.8 Å². The van der Waals surface area contributed by atoms with Gasteiger partial charge in [0.2, 0.25) is 0 Å². The molecule has 2 aromatic rings. The molecule has 2 rings (SSSR count). The SMILES string of the molecule is CCCCc1cc(SC[SiH2]c2cccc(C)c2C)c(CCCC)cc1O. The van der Waals surface area contributed by atoms with E-state index >= 15 is 0 Å². The van der Waals surface area contributed by atoms with Crippen LogP contribution in [0.3, 0.4) is 0 Å². The lowest BCUT2D eigenvalue weighted by Crippen LogP contribution is -2.20. The molecule has 0 spiro atoms. The number of aryl methyl sites for hydroxylation is 3. The van der Waals surface area contributed by atoms with Gasteiger partial charge in [-0.05, 0) is 79.3 Å². The van der Waals surface area contributed by atoms with Gasteiger partial charge in [0.25, 0.3) is 0 Å². The number of phenols is 1. The maximum Gasteiger partial charge on any atom is 0.119 e. The van der Waals surface area contributed by atoms with Crippen LogP contribution in [0.25, 0.3) is 0 Å². The Hall–Kier alpha value is -1.19. The normalized spacial score (nSPS) is 11.5. The number of aromatic hydroxyl groups is 1. The minimum atomic E-state index is -0.278. The summed E-state index contributed by atoms with van der Waals surface area (Å²) >= 11 is 2.01. The van der Waals surface area contributed by atoms with Gasteiger partial charge < -0.3 is 5.11 Å². The van der Waals surface area contributed by atoms with Crippen LogP contribution in [0.15, 0.2) is 35.2 Å². The van der Waals surface area contributed by atoms with Crippen molar-refractivity contribution < 1.29 is 5.11 Å². The van der Waals surface area contributed by atoms with Crippen molar-refractivity contribution in [3.8, 4) is 5.75 Å². The average Bonchev–Trinajstić information content (AvgIpc) is 2.63. The maximum atomic E-state index is 10.4. The summed E-state index contributed by atoms with van der Waals surface area (Å²) < 4.78 is 0. The molecule has 0 unspecified atom stereocenters. The van der Waals surface area contributed by atoms with Crippen LogP contribution in [-0.4, -0.2) is 20.0 Å². The molecule has 0 saturated carbocycles. The second kappa shape index (κ2) is 10.8. The van der Waals surface area contributed by atoms with E-state index in [1.165, 1.54) is 46.2 Å². The molecule has 2 aromatic carbocycles. The second-order valence-electron chi connectivity index (χ2n) is 7.25. The zero-order chi connectivity index (χ0) is 18.9. The number of benzene rings is 2. The monoisotopic (exact) mass is 386 g/mol. The molecular weight excluding hydrogens is 352 g/mol. The molecule has 0 saturated heterocycles. The highest BCUT2D eigenvalue weighted by atomic mass is 32.2. The highest BCUT2D eigenvalue weighted by Gasteiger charge is 2.11. The largest absolute Gasteiger partial charge is 0.508 e.